The molecule has 0 N–H and O–H groups in total. The van der Waals surface area contributed by atoms with Crippen molar-refractivity contribution < 1.29 is 14.3 Å². The average molecular weight is 268 g/mol. The highest BCUT2D eigenvalue weighted by molar-refractivity contribution is 5.89. The van der Waals surface area contributed by atoms with Gasteiger partial charge in [0.15, 0.2) is 0 Å². The molecule has 3 nitrogen and oxygen atoms in total. The van der Waals surface area contributed by atoms with Crippen molar-refractivity contribution in [3.8, 4) is 0 Å². The number of rotatable bonds is 3. The van der Waals surface area contributed by atoms with Crippen LogP contribution in [0.15, 0.2) is 60.7 Å². The first-order chi connectivity index (χ1) is 9.83. The van der Waals surface area contributed by atoms with E-state index in [-0.39, 0.29) is 18.2 Å². The van der Waals surface area contributed by atoms with Crippen LogP contribution in [0.25, 0.3) is 0 Å². The number of carbonyl (C=O) groups is 1. The van der Waals surface area contributed by atoms with Crippen molar-refractivity contribution in [3.63, 3.8) is 0 Å². The lowest BCUT2D eigenvalue weighted by Gasteiger charge is -2.11. The van der Waals surface area contributed by atoms with Gasteiger partial charge >= 0.3 is 5.97 Å². The minimum absolute atomic E-state index is 0.0183. The minimum atomic E-state index is -0.284. The van der Waals surface area contributed by atoms with Gasteiger partial charge in [0.2, 0.25) is 0 Å². The van der Waals surface area contributed by atoms with Gasteiger partial charge in [0.25, 0.3) is 0 Å². The van der Waals surface area contributed by atoms with Crippen LogP contribution < -0.4 is 0 Å². The van der Waals surface area contributed by atoms with Crippen LogP contribution in [0.5, 0.6) is 0 Å². The van der Waals surface area contributed by atoms with Gasteiger partial charge in [0.1, 0.15) is 6.10 Å². The van der Waals surface area contributed by atoms with E-state index in [4.69, 9.17) is 9.47 Å². The van der Waals surface area contributed by atoms with Gasteiger partial charge in [-0.1, -0.05) is 48.5 Å². The molecule has 0 bridgehead atoms. The van der Waals surface area contributed by atoms with E-state index < -0.39 is 0 Å². The standard InChI is InChI=1S/C17H16O3/c18-17(14-9-5-2-6-10-14)20-15-11-16(19-12-15)13-7-3-1-4-8-13/h1-10,15-16H,11-12H2/t15-,16+/m1/s1. The number of ether oxygens (including phenoxy) is 2. The van der Waals surface area contributed by atoms with Gasteiger partial charge in [0.05, 0.1) is 18.3 Å². The normalized spacial score (nSPS) is 21.6. The van der Waals surface area contributed by atoms with Gasteiger partial charge in [-0.15, -0.1) is 0 Å². The Kier molecular flexibility index (Phi) is 3.79. The molecule has 1 aliphatic heterocycles. The van der Waals surface area contributed by atoms with Crippen molar-refractivity contribution in [2.45, 2.75) is 18.6 Å². The predicted octanol–water partition coefficient (Wildman–Crippen LogP) is 3.37. The highest BCUT2D eigenvalue weighted by atomic mass is 16.6. The molecule has 3 heteroatoms. The molecule has 0 aromatic heterocycles. The van der Waals surface area contributed by atoms with E-state index in [2.05, 4.69) is 0 Å². The SMILES string of the molecule is O=C(O[C@H]1CO[C@H](c2ccccc2)C1)c1ccccc1. The second kappa shape index (κ2) is 5.88. The molecule has 0 spiro atoms. The van der Waals surface area contributed by atoms with Crippen LogP contribution in [0.4, 0.5) is 0 Å². The van der Waals surface area contributed by atoms with E-state index in [1.165, 1.54) is 0 Å². The second-order valence-corrected chi connectivity index (χ2v) is 4.86. The van der Waals surface area contributed by atoms with Crippen molar-refractivity contribution in [2.24, 2.45) is 0 Å². The molecule has 0 radical (unpaired) electrons. The van der Waals surface area contributed by atoms with Gasteiger partial charge < -0.3 is 9.47 Å². The summed E-state index contributed by atoms with van der Waals surface area (Å²) in [5, 5.41) is 0. The van der Waals surface area contributed by atoms with Gasteiger partial charge in [-0.3, -0.25) is 0 Å². The lowest BCUT2D eigenvalue weighted by molar-refractivity contribution is 0.0254. The molecule has 3 rings (SSSR count). The van der Waals surface area contributed by atoms with E-state index in [9.17, 15) is 4.79 Å². The topological polar surface area (TPSA) is 35.5 Å². The number of benzene rings is 2. The van der Waals surface area contributed by atoms with Crippen LogP contribution in [0.1, 0.15) is 28.4 Å². The lowest BCUT2D eigenvalue weighted by atomic mass is 10.1. The number of esters is 1. The molecule has 2 aromatic rings. The summed E-state index contributed by atoms with van der Waals surface area (Å²) in [4.78, 5) is 12.0. The number of hydrogen-bond donors (Lipinski definition) is 0. The van der Waals surface area contributed by atoms with Crippen molar-refractivity contribution in [1.29, 1.82) is 0 Å². The van der Waals surface area contributed by atoms with Crippen LogP contribution >= 0.6 is 0 Å². The average Bonchev–Trinajstić information content (AvgIpc) is 2.97. The Labute approximate surface area is 118 Å². The summed E-state index contributed by atoms with van der Waals surface area (Å²) in [5.74, 6) is -0.284. The smallest absolute Gasteiger partial charge is 0.338 e. The molecule has 0 saturated carbocycles. The summed E-state index contributed by atoms with van der Waals surface area (Å²) >= 11 is 0. The summed E-state index contributed by atoms with van der Waals surface area (Å²) in [6.45, 7) is 0.456. The van der Waals surface area contributed by atoms with E-state index in [1.807, 2.05) is 48.5 Å². The molecule has 20 heavy (non-hydrogen) atoms. The van der Waals surface area contributed by atoms with Crippen molar-refractivity contribution in [2.75, 3.05) is 6.61 Å². The van der Waals surface area contributed by atoms with E-state index >= 15 is 0 Å². The molecule has 2 atom stereocenters. The Balaban J connectivity index is 1.60. The Morgan fingerprint density at radius 1 is 1.00 bits per heavy atom. The van der Waals surface area contributed by atoms with Gasteiger partial charge in [-0.05, 0) is 17.7 Å². The molecule has 2 aromatic carbocycles. The maximum atomic E-state index is 12.0. The van der Waals surface area contributed by atoms with Crippen LogP contribution in [0, 0.1) is 0 Å². The fourth-order valence-corrected chi connectivity index (χ4v) is 2.37. The summed E-state index contributed by atoms with van der Waals surface area (Å²) < 4.78 is 11.2. The predicted molar refractivity (Wildman–Crippen MR) is 75.4 cm³/mol. The fourth-order valence-electron chi connectivity index (χ4n) is 2.37. The third kappa shape index (κ3) is 2.89. The molecule has 102 valence electrons. The Morgan fingerprint density at radius 3 is 2.35 bits per heavy atom. The number of carbonyl (C=O) groups excluding carboxylic acids is 1. The third-order valence-corrected chi connectivity index (χ3v) is 3.41. The summed E-state index contributed by atoms with van der Waals surface area (Å²) in [6, 6.07) is 19.1. The first-order valence-corrected chi connectivity index (χ1v) is 6.75. The van der Waals surface area contributed by atoms with E-state index in [0.29, 0.717) is 18.6 Å². The molecule has 1 fully saturated rings. The van der Waals surface area contributed by atoms with Crippen LogP contribution in [-0.2, 0) is 9.47 Å². The molecular formula is C17H16O3. The van der Waals surface area contributed by atoms with Crippen molar-refractivity contribution in [1.82, 2.24) is 0 Å². The third-order valence-electron chi connectivity index (χ3n) is 3.41. The van der Waals surface area contributed by atoms with Gasteiger partial charge in [0, 0.05) is 6.42 Å². The van der Waals surface area contributed by atoms with E-state index in [1.54, 1.807) is 12.1 Å². The molecule has 0 aliphatic carbocycles. The largest absolute Gasteiger partial charge is 0.456 e. The van der Waals surface area contributed by atoms with Crippen LogP contribution in [-0.4, -0.2) is 18.7 Å². The second-order valence-electron chi connectivity index (χ2n) is 4.86. The summed E-state index contributed by atoms with van der Waals surface area (Å²) in [5.41, 5.74) is 1.71. The first-order valence-electron chi connectivity index (χ1n) is 6.75. The Morgan fingerprint density at radius 2 is 1.65 bits per heavy atom. The quantitative estimate of drug-likeness (QED) is 0.801. The maximum absolute atomic E-state index is 12.0. The highest BCUT2D eigenvalue weighted by Crippen LogP contribution is 2.30. The zero-order valence-corrected chi connectivity index (χ0v) is 11.1. The molecular weight excluding hydrogens is 252 g/mol. The molecule has 0 unspecified atom stereocenters. The Bertz CT molecular complexity index is 565. The molecule has 1 saturated heterocycles. The zero-order chi connectivity index (χ0) is 13.8. The van der Waals surface area contributed by atoms with Crippen molar-refractivity contribution >= 4 is 5.97 Å². The van der Waals surface area contributed by atoms with Crippen molar-refractivity contribution in [3.05, 3.63) is 71.8 Å². The minimum Gasteiger partial charge on any atom is -0.456 e. The monoisotopic (exact) mass is 268 g/mol. The lowest BCUT2D eigenvalue weighted by Crippen LogP contribution is -2.18. The highest BCUT2D eigenvalue weighted by Gasteiger charge is 2.29. The summed E-state index contributed by atoms with van der Waals surface area (Å²) in [7, 11) is 0. The van der Waals surface area contributed by atoms with Gasteiger partial charge in [-0.2, -0.15) is 0 Å². The van der Waals surface area contributed by atoms with E-state index in [0.717, 1.165) is 5.56 Å². The molecule has 0 amide bonds. The van der Waals surface area contributed by atoms with Gasteiger partial charge in [-0.25, -0.2) is 4.79 Å². The molecule has 1 heterocycles. The fraction of sp³-hybridized carbons (Fsp3) is 0.235. The first kappa shape index (κ1) is 12.9. The van der Waals surface area contributed by atoms with Crippen LogP contribution in [0.2, 0.25) is 0 Å². The summed E-state index contributed by atoms with van der Waals surface area (Å²) in [6.07, 6.45) is 0.556. The Hall–Kier alpha value is -2.13. The van der Waals surface area contributed by atoms with Crippen LogP contribution in [0.3, 0.4) is 0 Å². The molecule has 1 aliphatic rings. The number of hydrogen-bond acceptors (Lipinski definition) is 3. The maximum Gasteiger partial charge on any atom is 0.338 e. The zero-order valence-electron chi connectivity index (χ0n) is 11.1.